The molecule has 2 atom stereocenters. The van der Waals surface area contributed by atoms with Crippen LogP contribution < -0.4 is 0 Å². The van der Waals surface area contributed by atoms with E-state index in [0.717, 1.165) is 51.4 Å². The first-order valence-electron chi connectivity index (χ1n) is 10.7. The number of nitrogens with zero attached hydrogens (tertiary/aromatic N) is 1. The maximum absolute atomic E-state index is 13.6. The summed E-state index contributed by atoms with van der Waals surface area (Å²) in [4.78, 5) is 28.9. The lowest BCUT2D eigenvalue weighted by Crippen LogP contribution is -2.43. The number of amides is 2. The molecular formula is C22H39NO2. The van der Waals surface area contributed by atoms with Crippen molar-refractivity contribution in [3.05, 3.63) is 0 Å². The zero-order valence-corrected chi connectivity index (χ0v) is 17.4. The molecule has 3 nitrogen and oxygen atoms in total. The monoisotopic (exact) mass is 349 g/mol. The highest BCUT2D eigenvalue weighted by Crippen LogP contribution is 2.53. The lowest BCUT2D eigenvalue weighted by atomic mass is 9.59. The fourth-order valence-corrected chi connectivity index (χ4v) is 5.17. The summed E-state index contributed by atoms with van der Waals surface area (Å²) in [5.74, 6) is -0.0221. The lowest BCUT2D eigenvalue weighted by Gasteiger charge is -2.42. The topological polar surface area (TPSA) is 37.4 Å². The summed E-state index contributed by atoms with van der Waals surface area (Å²) in [5.41, 5.74) is -0.182. The Hall–Kier alpha value is -0.860. The molecule has 0 spiro atoms. The van der Waals surface area contributed by atoms with Crippen LogP contribution in [0.5, 0.6) is 0 Å². The van der Waals surface area contributed by atoms with Crippen LogP contribution in [0.3, 0.4) is 0 Å². The molecule has 0 aromatic heterocycles. The molecule has 1 saturated heterocycles. The highest BCUT2D eigenvalue weighted by Gasteiger charge is 2.60. The number of imide groups is 1. The second-order valence-corrected chi connectivity index (χ2v) is 9.02. The van der Waals surface area contributed by atoms with Crippen LogP contribution in [0.2, 0.25) is 0 Å². The van der Waals surface area contributed by atoms with Crippen molar-refractivity contribution in [3.8, 4) is 0 Å². The SMILES string of the molecule is CCC(C)(CC)C1C(=O)N(C2CCCCC2)C(=O)C1C(C)(CC)CC. The Bertz CT molecular complexity index is 448. The zero-order chi connectivity index (χ0) is 18.8. The van der Waals surface area contributed by atoms with Crippen molar-refractivity contribution in [2.24, 2.45) is 22.7 Å². The smallest absolute Gasteiger partial charge is 0.233 e. The molecule has 1 saturated carbocycles. The minimum Gasteiger partial charge on any atom is -0.279 e. The fraction of sp³-hybridized carbons (Fsp3) is 0.909. The van der Waals surface area contributed by atoms with E-state index in [1.165, 1.54) is 6.42 Å². The van der Waals surface area contributed by atoms with Crippen molar-refractivity contribution in [1.29, 1.82) is 0 Å². The first kappa shape index (κ1) is 20.5. The lowest BCUT2D eigenvalue weighted by molar-refractivity contribution is -0.144. The molecule has 0 N–H and O–H groups in total. The van der Waals surface area contributed by atoms with E-state index in [0.29, 0.717) is 0 Å². The summed E-state index contributed by atoms with van der Waals surface area (Å²) >= 11 is 0. The third-order valence-electron chi connectivity index (χ3n) is 8.01. The summed E-state index contributed by atoms with van der Waals surface area (Å²) in [5, 5.41) is 0. The molecule has 0 aromatic rings. The van der Waals surface area contributed by atoms with E-state index >= 15 is 0 Å². The highest BCUT2D eigenvalue weighted by atomic mass is 16.2. The third-order valence-corrected chi connectivity index (χ3v) is 8.01. The first-order chi connectivity index (χ1) is 11.8. The summed E-state index contributed by atoms with van der Waals surface area (Å²) < 4.78 is 0. The Morgan fingerprint density at radius 3 is 1.44 bits per heavy atom. The van der Waals surface area contributed by atoms with Gasteiger partial charge >= 0.3 is 0 Å². The molecule has 2 fully saturated rings. The molecule has 1 heterocycles. The number of hydrogen-bond donors (Lipinski definition) is 0. The van der Waals surface area contributed by atoms with E-state index in [9.17, 15) is 9.59 Å². The van der Waals surface area contributed by atoms with Gasteiger partial charge < -0.3 is 0 Å². The van der Waals surface area contributed by atoms with Crippen LogP contribution in [0.25, 0.3) is 0 Å². The molecule has 144 valence electrons. The predicted molar refractivity (Wildman–Crippen MR) is 103 cm³/mol. The molecule has 3 heteroatoms. The number of carbonyl (C=O) groups excluding carboxylic acids is 2. The second kappa shape index (κ2) is 7.80. The van der Waals surface area contributed by atoms with Gasteiger partial charge in [-0.15, -0.1) is 0 Å². The van der Waals surface area contributed by atoms with Gasteiger partial charge in [0.25, 0.3) is 0 Å². The summed E-state index contributed by atoms with van der Waals surface area (Å²) in [6, 6.07) is 0.150. The van der Waals surface area contributed by atoms with Crippen LogP contribution >= 0.6 is 0 Å². The molecule has 1 aliphatic heterocycles. The van der Waals surface area contributed by atoms with Crippen LogP contribution in [0.15, 0.2) is 0 Å². The molecule has 2 amide bonds. The van der Waals surface area contributed by atoms with Crippen molar-refractivity contribution < 1.29 is 9.59 Å². The normalized spacial score (nSPS) is 26.6. The molecule has 2 rings (SSSR count). The average molecular weight is 350 g/mol. The van der Waals surface area contributed by atoms with Gasteiger partial charge in [0, 0.05) is 6.04 Å². The number of rotatable bonds is 7. The van der Waals surface area contributed by atoms with Crippen molar-refractivity contribution in [3.63, 3.8) is 0 Å². The Labute approximate surface area is 154 Å². The van der Waals surface area contributed by atoms with Crippen molar-refractivity contribution in [2.45, 2.75) is 105 Å². The van der Waals surface area contributed by atoms with Gasteiger partial charge in [-0.05, 0) is 49.4 Å². The quantitative estimate of drug-likeness (QED) is 0.563. The van der Waals surface area contributed by atoms with Gasteiger partial charge in [0.1, 0.15) is 0 Å². The maximum Gasteiger partial charge on any atom is 0.233 e. The van der Waals surface area contributed by atoms with Gasteiger partial charge in [0.15, 0.2) is 0 Å². The molecular weight excluding hydrogens is 310 g/mol. The minimum absolute atomic E-state index is 0.0908. The van der Waals surface area contributed by atoms with Crippen LogP contribution in [-0.2, 0) is 9.59 Å². The standard InChI is InChI=1S/C22H39NO2/c1-7-21(5,8-2)17-18(22(6,9-3)10-4)20(25)23(19(17)24)16-14-12-11-13-15-16/h16-18H,7-15H2,1-6H3. The molecule has 0 radical (unpaired) electrons. The second-order valence-electron chi connectivity index (χ2n) is 9.02. The maximum atomic E-state index is 13.6. The van der Waals surface area contributed by atoms with E-state index < -0.39 is 0 Å². The summed E-state index contributed by atoms with van der Waals surface area (Å²) in [6.45, 7) is 13.2. The Balaban J connectivity index is 2.49. The van der Waals surface area contributed by atoms with Crippen LogP contribution in [-0.4, -0.2) is 22.8 Å². The minimum atomic E-state index is -0.151. The number of carbonyl (C=O) groups is 2. The summed E-state index contributed by atoms with van der Waals surface area (Å²) in [7, 11) is 0. The van der Waals surface area contributed by atoms with Gasteiger partial charge in [0.05, 0.1) is 11.8 Å². The van der Waals surface area contributed by atoms with Crippen molar-refractivity contribution >= 4 is 11.8 Å². The van der Waals surface area contributed by atoms with Crippen LogP contribution in [0, 0.1) is 22.7 Å². The molecule has 0 aromatic carbocycles. The van der Waals surface area contributed by atoms with E-state index in [-0.39, 0.29) is 40.5 Å². The molecule has 1 aliphatic carbocycles. The number of hydrogen-bond acceptors (Lipinski definition) is 2. The van der Waals surface area contributed by atoms with Gasteiger partial charge in [-0.1, -0.05) is 60.8 Å². The van der Waals surface area contributed by atoms with Crippen molar-refractivity contribution in [1.82, 2.24) is 4.90 Å². The van der Waals surface area contributed by atoms with Gasteiger partial charge in [0.2, 0.25) is 11.8 Å². The average Bonchev–Trinajstić information content (AvgIpc) is 2.92. The van der Waals surface area contributed by atoms with Gasteiger partial charge in [-0.2, -0.15) is 0 Å². The highest BCUT2D eigenvalue weighted by molar-refractivity contribution is 6.06. The van der Waals surface area contributed by atoms with Crippen LogP contribution in [0.1, 0.15) is 99.3 Å². The predicted octanol–water partition coefficient (Wildman–Crippen LogP) is 5.57. The summed E-state index contributed by atoms with van der Waals surface area (Å²) in [6.07, 6.45) is 9.34. The number of likely N-dealkylation sites (tertiary alicyclic amines) is 1. The first-order valence-corrected chi connectivity index (χ1v) is 10.7. The van der Waals surface area contributed by atoms with Crippen molar-refractivity contribution in [2.75, 3.05) is 0 Å². The van der Waals surface area contributed by atoms with Gasteiger partial charge in [-0.25, -0.2) is 0 Å². The Morgan fingerprint density at radius 1 is 0.760 bits per heavy atom. The van der Waals surface area contributed by atoms with E-state index in [4.69, 9.17) is 0 Å². The third kappa shape index (κ3) is 3.40. The molecule has 0 bridgehead atoms. The zero-order valence-electron chi connectivity index (χ0n) is 17.4. The largest absolute Gasteiger partial charge is 0.279 e. The van der Waals surface area contributed by atoms with Gasteiger partial charge in [-0.3, -0.25) is 14.5 Å². The van der Waals surface area contributed by atoms with E-state index in [2.05, 4.69) is 41.5 Å². The van der Waals surface area contributed by atoms with Crippen LogP contribution in [0.4, 0.5) is 0 Å². The fourth-order valence-electron chi connectivity index (χ4n) is 5.17. The van der Waals surface area contributed by atoms with E-state index in [1.807, 2.05) is 0 Å². The Morgan fingerprint density at radius 2 is 1.12 bits per heavy atom. The van der Waals surface area contributed by atoms with E-state index in [1.54, 1.807) is 4.90 Å². The molecule has 25 heavy (non-hydrogen) atoms. The Kier molecular flexibility index (Phi) is 6.38. The molecule has 2 aliphatic rings. The molecule has 2 unspecified atom stereocenters.